The summed E-state index contributed by atoms with van der Waals surface area (Å²) >= 11 is 0. The summed E-state index contributed by atoms with van der Waals surface area (Å²) in [6, 6.07) is 5.87. The van der Waals surface area contributed by atoms with E-state index in [4.69, 9.17) is 9.94 Å². The van der Waals surface area contributed by atoms with Crippen molar-refractivity contribution >= 4 is 11.4 Å². The minimum absolute atomic E-state index is 0.0941. The summed E-state index contributed by atoms with van der Waals surface area (Å²) in [5.41, 5.74) is 0.684. The second-order valence-corrected chi connectivity index (χ2v) is 4.33. The third kappa shape index (κ3) is 3.19. The molecule has 8 heteroatoms. The number of benzene rings is 1. The highest BCUT2D eigenvalue weighted by molar-refractivity contribution is 5.48. The summed E-state index contributed by atoms with van der Waals surface area (Å²) in [7, 11) is 0. The second-order valence-electron chi connectivity index (χ2n) is 4.33. The Hall–Kier alpha value is -1.26. The van der Waals surface area contributed by atoms with E-state index < -0.39 is 29.8 Å². The maximum atomic E-state index is 10.7. The smallest absolute Gasteiger partial charge is 0.163 e. The molecule has 0 radical (unpaired) electrons. The summed E-state index contributed by atoms with van der Waals surface area (Å²) in [5.74, 6) is 0. The van der Waals surface area contributed by atoms with Crippen molar-refractivity contribution in [3.8, 4) is 0 Å². The number of aliphatic hydroxyl groups excluding tert-OH is 3. The Balaban J connectivity index is 2.01. The Labute approximate surface area is 109 Å². The van der Waals surface area contributed by atoms with Gasteiger partial charge >= 0.3 is 0 Å². The predicted molar refractivity (Wildman–Crippen MR) is 63.6 cm³/mol. The number of rotatable bonds is 3. The standard InChI is InChI=1S/C11H16N2O6/c14-8-5-19-11(10(16)9(8)15)12-6-1-3-7(4-2-6)13(17)18/h1-4,8-17H,5H2. The Morgan fingerprint density at radius 1 is 1.16 bits per heavy atom. The van der Waals surface area contributed by atoms with Gasteiger partial charge in [-0.2, -0.15) is 5.23 Å². The van der Waals surface area contributed by atoms with Gasteiger partial charge in [0.15, 0.2) is 11.9 Å². The minimum Gasteiger partial charge on any atom is -0.595 e. The van der Waals surface area contributed by atoms with Gasteiger partial charge in [-0.15, -0.1) is 0 Å². The van der Waals surface area contributed by atoms with Crippen molar-refractivity contribution in [1.82, 2.24) is 0 Å². The molecule has 0 aromatic heterocycles. The lowest BCUT2D eigenvalue weighted by atomic mass is 10.0. The van der Waals surface area contributed by atoms with Crippen molar-refractivity contribution < 1.29 is 30.5 Å². The zero-order valence-electron chi connectivity index (χ0n) is 9.93. The lowest BCUT2D eigenvalue weighted by molar-refractivity contribution is -0.991. The molecule has 0 saturated carbocycles. The molecular weight excluding hydrogens is 256 g/mol. The van der Waals surface area contributed by atoms with E-state index in [2.05, 4.69) is 5.32 Å². The number of hydrogen-bond acceptors (Lipinski definition) is 7. The van der Waals surface area contributed by atoms with Crippen LogP contribution in [0.4, 0.5) is 11.4 Å². The van der Waals surface area contributed by atoms with Gasteiger partial charge in [0.1, 0.15) is 18.3 Å². The fourth-order valence-electron chi connectivity index (χ4n) is 1.81. The number of anilines is 1. The van der Waals surface area contributed by atoms with Crippen molar-refractivity contribution in [3.63, 3.8) is 0 Å². The molecule has 8 nitrogen and oxygen atoms in total. The highest BCUT2D eigenvalue weighted by Gasteiger charge is 2.37. The minimum atomic E-state index is -1.29. The van der Waals surface area contributed by atoms with Crippen LogP contribution in [0, 0.1) is 5.21 Å². The van der Waals surface area contributed by atoms with Gasteiger partial charge in [0, 0.05) is 17.8 Å². The molecular formula is C11H16N2O6. The van der Waals surface area contributed by atoms with Crippen LogP contribution >= 0.6 is 0 Å². The first-order valence-electron chi connectivity index (χ1n) is 5.74. The Morgan fingerprint density at radius 2 is 1.79 bits per heavy atom. The van der Waals surface area contributed by atoms with Gasteiger partial charge in [-0.05, 0) is 12.1 Å². The quantitative estimate of drug-likeness (QED) is 0.349. The fraction of sp³-hybridized carbons (Fsp3) is 0.455. The van der Waals surface area contributed by atoms with E-state index in [0.29, 0.717) is 5.69 Å². The lowest BCUT2D eigenvalue weighted by Crippen LogP contribution is -2.99. The zero-order chi connectivity index (χ0) is 14.0. The molecule has 1 aromatic carbocycles. The molecule has 0 bridgehead atoms. The first-order valence-corrected chi connectivity index (χ1v) is 5.74. The van der Waals surface area contributed by atoms with Gasteiger partial charge in [-0.25, -0.2) is 5.21 Å². The van der Waals surface area contributed by atoms with Crippen LogP contribution in [0.3, 0.4) is 0 Å². The second kappa shape index (κ2) is 5.80. The van der Waals surface area contributed by atoms with E-state index in [-0.39, 0.29) is 12.3 Å². The van der Waals surface area contributed by atoms with Crippen LogP contribution < -0.4 is 10.5 Å². The van der Waals surface area contributed by atoms with Gasteiger partial charge in [0.05, 0.1) is 6.61 Å². The molecule has 1 aliphatic heterocycles. The molecule has 5 unspecified atom stereocenters. The maximum Gasteiger partial charge on any atom is 0.163 e. The zero-order valence-corrected chi connectivity index (χ0v) is 9.93. The number of quaternary nitrogens is 1. The molecule has 2 rings (SSSR count). The van der Waals surface area contributed by atoms with E-state index in [1.165, 1.54) is 24.3 Å². The van der Waals surface area contributed by atoms with E-state index in [9.17, 15) is 20.5 Å². The third-order valence-electron chi connectivity index (χ3n) is 2.94. The Bertz CT molecular complexity index is 412. The Kier molecular flexibility index (Phi) is 4.32. The third-order valence-corrected chi connectivity index (χ3v) is 2.94. The summed E-state index contributed by atoms with van der Waals surface area (Å²) in [4.78, 5) is 0. The average molecular weight is 272 g/mol. The Morgan fingerprint density at radius 3 is 2.37 bits per heavy atom. The molecule has 0 amide bonds. The molecule has 0 aliphatic carbocycles. The number of hydrogen-bond donors (Lipinski definition) is 6. The van der Waals surface area contributed by atoms with E-state index >= 15 is 0 Å². The van der Waals surface area contributed by atoms with Crippen LogP contribution in [0.25, 0.3) is 0 Å². The number of ether oxygens (including phenoxy) is 1. The predicted octanol–water partition coefficient (Wildman–Crippen LogP) is -2.06. The molecule has 5 atom stereocenters. The van der Waals surface area contributed by atoms with Crippen molar-refractivity contribution in [2.45, 2.75) is 24.5 Å². The lowest BCUT2D eigenvalue weighted by Gasteiger charge is -2.35. The summed E-state index contributed by atoms with van der Waals surface area (Å²) < 4.78 is 5.17. The van der Waals surface area contributed by atoms with Crippen molar-refractivity contribution in [1.29, 1.82) is 0 Å². The summed E-state index contributed by atoms with van der Waals surface area (Å²) in [6.07, 6.45) is -4.55. The molecule has 1 aromatic rings. The molecule has 1 aliphatic rings. The normalized spacial score (nSPS) is 32.9. The molecule has 0 spiro atoms. The molecule has 106 valence electrons. The first-order chi connectivity index (χ1) is 8.99. The van der Waals surface area contributed by atoms with Crippen LogP contribution in [0.15, 0.2) is 24.3 Å². The van der Waals surface area contributed by atoms with Crippen molar-refractivity contribution in [2.24, 2.45) is 0 Å². The van der Waals surface area contributed by atoms with Crippen molar-refractivity contribution in [2.75, 3.05) is 11.9 Å². The van der Waals surface area contributed by atoms with E-state index in [1.807, 2.05) is 0 Å². The maximum absolute atomic E-state index is 10.7. The molecule has 1 fully saturated rings. The van der Waals surface area contributed by atoms with Crippen LogP contribution in [-0.4, -0.2) is 51.7 Å². The van der Waals surface area contributed by atoms with Gasteiger partial charge in [0.25, 0.3) is 0 Å². The molecule has 6 N–H and O–H groups in total. The monoisotopic (exact) mass is 272 g/mol. The molecule has 1 heterocycles. The topological polar surface area (TPSA) is 130 Å². The molecule has 19 heavy (non-hydrogen) atoms. The van der Waals surface area contributed by atoms with Crippen molar-refractivity contribution in [3.05, 3.63) is 29.5 Å². The average Bonchev–Trinajstić information content (AvgIpc) is 2.40. The van der Waals surface area contributed by atoms with E-state index in [0.717, 1.165) is 0 Å². The summed E-state index contributed by atoms with van der Waals surface area (Å²) in [5, 5.41) is 49.8. The van der Waals surface area contributed by atoms with Gasteiger partial charge in [0.2, 0.25) is 0 Å². The summed E-state index contributed by atoms with van der Waals surface area (Å²) in [6.45, 7) is -0.0941. The fourth-order valence-corrected chi connectivity index (χ4v) is 1.81. The van der Waals surface area contributed by atoms with Crippen LogP contribution in [0.5, 0.6) is 0 Å². The molecule has 1 saturated heterocycles. The van der Waals surface area contributed by atoms with Gasteiger partial charge in [-0.3, -0.25) is 0 Å². The van der Waals surface area contributed by atoms with Crippen LogP contribution in [0.1, 0.15) is 0 Å². The SMILES string of the molecule is [O-][NH+](O)c1ccc(NC2OCC(O)C(O)C2O)cc1. The van der Waals surface area contributed by atoms with E-state index in [1.54, 1.807) is 0 Å². The largest absolute Gasteiger partial charge is 0.595 e. The van der Waals surface area contributed by atoms with Crippen LogP contribution in [-0.2, 0) is 4.74 Å². The highest BCUT2D eigenvalue weighted by Crippen LogP contribution is 2.19. The van der Waals surface area contributed by atoms with Gasteiger partial charge < -0.3 is 30.6 Å². The highest BCUT2D eigenvalue weighted by atomic mass is 16.8. The first kappa shape index (κ1) is 14.2. The van der Waals surface area contributed by atoms with Gasteiger partial charge in [-0.1, -0.05) is 0 Å². The number of nitrogens with one attached hydrogen (secondary N) is 2. The van der Waals surface area contributed by atoms with Crippen LogP contribution in [0.2, 0.25) is 0 Å². The number of aliphatic hydroxyl groups is 3.